The molecule has 0 unspecified atom stereocenters. The summed E-state index contributed by atoms with van der Waals surface area (Å²) in [6, 6.07) is 8.12. The van der Waals surface area contributed by atoms with Crippen molar-refractivity contribution in [3.05, 3.63) is 29.3 Å². The molecule has 0 heterocycles. The first-order valence-corrected chi connectivity index (χ1v) is 6.79. The normalized spacial score (nSPS) is 10.9. The second-order valence-corrected chi connectivity index (χ2v) is 5.62. The second kappa shape index (κ2) is 5.63. The Bertz CT molecular complexity index is 624. The van der Waals surface area contributed by atoms with Crippen molar-refractivity contribution in [1.29, 1.82) is 10.5 Å². The molecule has 0 aliphatic rings. The molecule has 5 nitrogen and oxygen atoms in total. The average Bonchev–Trinajstić information content (AvgIpc) is 2.35. The summed E-state index contributed by atoms with van der Waals surface area (Å²) in [4.78, 5) is 0.108. The number of hydrogen-bond donors (Lipinski definition) is 0. The minimum Gasteiger partial charge on any atom is -0.207 e. The summed E-state index contributed by atoms with van der Waals surface area (Å²) in [5.41, 5.74) is 1.05. The van der Waals surface area contributed by atoms with E-state index in [1.807, 2.05) is 12.1 Å². The molecule has 0 aromatic heterocycles. The van der Waals surface area contributed by atoms with Crippen molar-refractivity contribution in [2.75, 3.05) is 13.1 Å². The average molecular weight is 263 g/mol. The lowest BCUT2D eigenvalue weighted by Crippen LogP contribution is -2.31. The second-order valence-electron chi connectivity index (χ2n) is 3.68. The lowest BCUT2D eigenvalue weighted by atomic mass is 10.1. The molecular formula is C12H13N3O2S. The molecule has 0 radical (unpaired) electrons. The van der Waals surface area contributed by atoms with E-state index in [4.69, 9.17) is 10.5 Å². The van der Waals surface area contributed by atoms with Gasteiger partial charge >= 0.3 is 0 Å². The van der Waals surface area contributed by atoms with Gasteiger partial charge in [-0.2, -0.15) is 14.8 Å². The summed E-state index contributed by atoms with van der Waals surface area (Å²) in [6.45, 7) is 3.40. The molecule has 1 aromatic rings. The van der Waals surface area contributed by atoms with Crippen molar-refractivity contribution in [3.63, 3.8) is 0 Å². The van der Waals surface area contributed by atoms with Gasteiger partial charge in [0.15, 0.2) is 0 Å². The number of nitrogens with zero attached hydrogens (tertiary/aromatic N) is 3. The zero-order chi connectivity index (χ0) is 13.8. The first-order chi connectivity index (χ1) is 8.47. The summed E-state index contributed by atoms with van der Waals surface area (Å²) in [5, 5.41) is 17.4. The molecule has 18 heavy (non-hydrogen) atoms. The van der Waals surface area contributed by atoms with E-state index in [1.165, 1.54) is 18.2 Å². The summed E-state index contributed by atoms with van der Waals surface area (Å²) in [6.07, 6.45) is 0. The van der Waals surface area contributed by atoms with Gasteiger partial charge in [0.25, 0.3) is 0 Å². The molecule has 0 aliphatic heterocycles. The van der Waals surface area contributed by atoms with Crippen LogP contribution in [0.15, 0.2) is 23.1 Å². The summed E-state index contributed by atoms with van der Waals surface area (Å²) in [7, 11) is -3.66. The minimum atomic E-state index is -3.66. The molecule has 0 fully saturated rings. The molecule has 0 saturated carbocycles. The topological polar surface area (TPSA) is 85.0 Å². The zero-order valence-corrected chi connectivity index (χ0v) is 11.0. The van der Waals surface area contributed by atoms with E-state index in [9.17, 15) is 8.42 Å². The number of benzene rings is 1. The van der Waals surface area contributed by atoms with Gasteiger partial charge in [0.2, 0.25) is 10.0 Å². The molecule has 0 aliphatic carbocycles. The lowest BCUT2D eigenvalue weighted by molar-refractivity contribution is 0.462. The Kier molecular flexibility index (Phi) is 4.43. The zero-order valence-electron chi connectivity index (χ0n) is 10.2. The smallest absolute Gasteiger partial charge is 0.207 e. The van der Waals surface area contributed by atoms with Crippen LogP contribution in [0, 0.1) is 29.6 Å². The first-order valence-electron chi connectivity index (χ1n) is 5.35. The van der Waals surface area contributed by atoms with Crippen LogP contribution in [0.25, 0.3) is 0 Å². The predicted octanol–water partition coefficient (Wildman–Crippen LogP) is 1.40. The van der Waals surface area contributed by atoms with Crippen LogP contribution in [-0.2, 0) is 10.0 Å². The Morgan fingerprint density at radius 1 is 1.33 bits per heavy atom. The molecule has 6 heteroatoms. The van der Waals surface area contributed by atoms with Crippen molar-refractivity contribution in [1.82, 2.24) is 4.31 Å². The molecule has 1 aromatic carbocycles. The Balaban J connectivity index is 3.26. The van der Waals surface area contributed by atoms with Crippen molar-refractivity contribution in [2.24, 2.45) is 0 Å². The van der Waals surface area contributed by atoms with Crippen molar-refractivity contribution in [3.8, 4) is 12.1 Å². The maximum Gasteiger partial charge on any atom is 0.244 e. The Morgan fingerprint density at radius 2 is 2.00 bits per heavy atom. The van der Waals surface area contributed by atoms with Crippen LogP contribution in [-0.4, -0.2) is 25.8 Å². The monoisotopic (exact) mass is 263 g/mol. The third kappa shape index (κ3) is 2.67. The Labute approximate surface area is 107 Å². The fourth-order valence-electron chi connectivity index (χ4n) is 1.52. The molecule has 94 valence electrons. The number of hydrogen-bond acceptors (Lipinski definition) is 4. The Hall–Kier alpha value is -1.89. The highest BCUT2D eigenvalue weighted by Gasteiger charge is 2.23. The van der Waals surface area contributed by atoms with Crippen LogP contribution >= 0.6 is 0 Å². The summed E-state index contributed by atoms with van der Waals surface area (Å²) >= 11 is 0. The maximum absolute atomic E-state index is 12.2. The summed E-state index contributed by atoms with van der Waals surface area (Å²) < 4.78 is 25.5. The van der Waals surface area contributed by atoms with Crippen molar-refractivity contribution >= 4 is 10.0 Å². The van der Waals surface area contributed by atoms with Crippen LogP contribution in [0.3, 0.4) is 0 Å². The fraction of sp³-hybridized carbons (Fsp3) is 0.333. The van der Waals surface area contributed by atoms with Gasteiger partial charge in [-0.1, -0.05) is 6.92 Å². The molecule has 0 N–H and O–H groups in total. The van der Waals surface area contributed by atoms with E-state index in [1.54, 1.807) is 13.8 Å². The quantitative estimate of drug-likeness (QED) is 0.768. The Morgan fingerprint density at radius 3 is 2.44 bits per heavy atom. The first kappa shape index (κ1) is 14.2. The van der Waals surface area contributed by atoms with E-state index in [0.717, 1.165) is 4.31 Å². The van der Waals surface area contributed by atoms with Crippen molar-refractivity contribution < 1.29 is 8.42 Å². The van der Waals surface area contributed by atoms with Gasteiger partial charge in [-0.15, -0.1) is 0 Å². The number of sulfonamides is 1. The van der Waals surface area contributed by atoms with E-state index in [0.29, 0.717) is 11.1 Å². The largest absolute Gasteiger partial charge is 0.244 e. The molecule has 0 atom stereocenters. The van der Waals surface area contributed by atoms with Gasteiger partial charge in [-0.25, -0.2) is 8.42 Å². The molecule has 0 amide bonds. The van der Waals surface area contributed by atoms with Crippen LogP contribution in [0.4, 0.5) is 0 Å². The van der Waals surface area contributed by atoms with Gasteiger partial charge in [0.1, 0.15) is 6.54 Å². The highest BCUT2D eigenvalue weighted by Crippen LogP contribution is 2.18. The van der Waals surface area contributed by atoms with E-state index in [2.05, 4.69) is 0 Å². The van der Waals surface area contributed by atoms with Crippen LogP contribution in [0.1, 0.15) is 18.1 Å². The number of nitriles is 2. The highest BCUT2D eigenvalue weighted by atomic mass is 32.2. The molecule has 1 rings (SSSR count). The van der Waals surface area contributed by atoms with Gasteiger partial charge in [-0.05, 0) is 30.7 Å². The highest BCUT2D eigenvalue weighted by molar-refractivity contribution is 7.89. The number of rotatable bonds is 4. The van der Waals surface area contributed by atoms with E-state index >= 15 is 0 Å². The van der Waals surface area contributed by atoms with Crippen LogP contribution < -0.4 is 0 Å². The van der Waals surface area contributed by atoms with Crippen LogP contribution in [0.5, 0.6) is 0 Å². The maximum atomic E-state index is 12.2. The van der Waals surface area contributed by atoms with E-state index in [-0.39, 0.29) is 18.0 Å². The third-order valence-electron chi connectivity index (χ3n) is 2.56. The molecule has 0 saturated heterocycles. The van der Waals surface area contributed by atoms with Gasteiger partial charge < -0.3 is 0 Å². The van der Waals surface area contributed by atoms with Crippen molar-refractivity contribution in [2.45, 2.75) is 18.7 Å². The third-order valence-corrected chi connectivity index (χ3v) is 4.47. The van der Waals surface area contributed by atoms with Gasteiger partial charge in [-0.3, -0.25) is 0 Å². The van der Waals surface area contributed by atoms with Gasteiger partial charge in [0.05, 0.1) is 22.6 Å². The van der Waals surface area contributed by atoms with Gasteiger partial charge in [0, 0.05) is 6.54 Å². The van der Waals surface area contributed by atoms with Crippen LogP contribution in [0.2, 0.25) is 0 Å². The van der Waals surface area contributed by atoms with E-state index < -0.39 is 10.0 Å². The SMILES string of the molecule is CCN(CC#N)S(=O)(=O)c1ccc(C#N)c(C)c1. The predicted molar refractivity (Wildman–Crippen MR) is 65.9 cm³/mol. The molecular weight excluding hydrogens is 250 g/mol. The molecule has 0 spiro atoms. The lowest BCUT2D eigenvalue weighted by Gasteiger charge is -2.17. The standard InChI is InChI=1S/C12H13N3O2S/c1-3-15(7-6-13)18(16,17)12-5-4-11(9-14)10(2)8-12/h4-5,8H,3,7H2,1-2H3. The minimum absolute atomic E-state index is 0.108. The number of aryl methyl sites for hydroxylation is 1. The summed E-state index contributed by atoms with van der Waals surface area (Å²) in [5.74, 6) is 0. The fourth-order valence-corrected chi connectivity index (χ4v) is 2.95. The molecule has 0 bridgehead atoms.